The van der Waals surface area contributed by atoms with Gasteiger partial charge in [0.05, 0.1) is 0 Å². The minimum absolute atomic E-state index is 0.0606. The van der Waals surface area contributed by atoms with Gasteiger partial charge in [0.15, 0.2) is 18.2 Å². The molecule has 0 saturated heterocycles. The lowest BCUT2D eigenvalue weighted by atomic mass is 10.2. The van der Waals surface area contributed by atoms with Crippen LogP contribution < -0.4 is 10.1 Å². The van der Waals surface area contributed by atoms with Gasteiger partial charge in [-0.15, -0.1) is 0 Å². The number of halogens is 1. The summed E-state index contributed by atoms with van der Waals surface area (Å²) in [6.07, 6.45) is 0. The number of carboxylic acids is 1. The summed E-state index contributed by atoms with van der Waals surface area (Å²) >= 11 is 0. The summed E-state index contributed by atoms with van der Waals surface area (Å²) in [6, 6.07) is 9.23. The Morgan fingerprint density at radius 2 is 1.91 bits per heavy atom. The normalized spacial score (nSPS) is 10.0. The van der Waals surface area contributed by atoms with Gasteiger partial charge in [0.1, 0.15) is 11.3 Å². The quantitative estimate of drug-likeness (QED) is 0.736. The summed E-state index contributed by atoms with van der Waals surface area (Å²) < 4.78 is 18.3. The molecule has 2 aromatic carbocycles. The minimum atomic E-state index is -1.32. The average molecular weight is 305 g/mol. The molecule has 0 aliphatic rings. The fourth-order valence-corrected chi connectivity index (χ4v) is 1.69. The molecule has 0 unspecified atom stereocenters. The van der Waals surface area contributed by atoms with Crippen LogP contribution in [0.4, 0.5) is 10.1 Å². The van der Waals surface area contributed by atoms with Crippen LogP contribution in [0.15, 0.2) is 42.5 Å². The number of ether oxygens (including phenoxy) is 1. The van der Waals surface area contributed by atoms with Crippen molar-refractivity contribution >= 4 is 17.6 Å². The number of hydrogen-bond acceptors (Lipinski definition) is 4. The van der Waals surface area contributed by atoms with Crippen molar-refractivity contribution in [2.75, 3.05) is 11.9 Å². The van der Waals surface area contributed by atoms with Gasteiger partial charge in [-0.2, -0.15) is 0 Å². The first-order chi connectivity index (χ1) is 10.5. The Morgan fingerprint density at radius 3 is 2.59 bits per heavy atom. The molecule has 6 nitrogen and oxygen atoms in total. The summed E-state index contributed by atoms with van der Waals surface area (Å²) in [4.78, 5) is 22.6. The van der Waals surface area contributed by atoms with Crippen LogP contribution in [-0.4, -0.2) is 28.7 Å². The van der Waals surface area contributed by atoms with Crippen molar-refractivity contribution in [2.45, 2.75) is 0 Å². The molecule has 0 heterocycles. The van der Waals surface area contributed by atoms with Crippen LogP contribution in [-0.2, 0) is 4.79 Å². The third kappa shape index (κ3) is 3.72. The molecule has 1 amide bonds. The third-order valence-electron chi connectivity index (χ3n) is 2.71. The van der Waals surface area contributed by atoms with E-state index >= 15 is 0 Å². The second-order valence-electron chi connectivity index (χ2n) is 4.30. The first-order valence-corrected chi connectivity index (χ1v) is 6.21. The van der Waals surface area contributed by atoms with E-state index in [4.69, 9.17) is 9.84 Å². The number of para-hydroxylation sites is 1. The number of carbonyl (C=O) groups excluding carboxylic acids is 1. The molecule has 3 N–H and O–H groups in total. The van der Waals surface area contributed by atoms with Crippen molar-refractivity contribution in [2.24, 2.45) is 0 Å². The summed E-state index contributed by atoms with van der Waals surface area (Å²) in [5.74, 6) is -2.97. The molecule has 0 aliphatic heterocycles. The van der Waals surface area contributed by atoms with Crippen LogP contribution >= 0.6 is 0 Å². The van der Waals surface area contributed by atoms with E-state index in [2.05, 4.69) is 5.32 Å². The highest BCUT2D eigenvalue weighted by molar-refractivity contribution is 5.96. The monoisotopic (exact) mass is 305 g/mol. The maximum Gasteiger partial charge on any atom is 0.339 e. The smallest absolute Gasteiger partial charge is 0.339 e. The Labute approximate surface area is 124 Å². The van der Waals surface area contributed by atoms with Gasteiger partial charge in [-0.05, 0) is 30.3 Å². The Balaban J connectivity index is 1.99. The maximum atomic E-state index is 13.3. The molecule has 0 atom stereocenters. The van der Waals surface area contributed by atoms with Crippen molar-refractivity contribution in [3.8, 4) is 11.5 Å². The Morgan fingerprint density at radius 1 is 1.18 bits per heavy atom. The molecule has 0 aromatic heterocycles. The van der Waals surface area contributed by atoms with Crippen LogP contribution in [0.5, 0.6) is 11.5 Å². The molecule has 0 aliphatic carbocycles. The molecule has 0 bridgehead atoms. The van der Waals surface area contributed by atoms with E-state index in [1.165, 1.54) is 24.3 Å². The molecule has 0 radical (unpaired) electrons. The number of amides is 1. The van der Waals surface area contributed by atoms with E-state index in [0.717, 1.165) is 12.1 Å². The SMILES string of the molecule is O=C(COc1ccccc1F)Nc1ccc(O)c(C(=O)O)c1. The number of benzene rings is 2. The van der Waals surface area contributed by atoms with Crippen LogP contribution in [0.3, 0.4) is 0 Å². The average Bonchev–Trinajstić information content (AvgIpc) is 2.48. The fraction of sp³-hybridized carbons (Fsp3) is 0.0667. The van der Waals surface area contributed by atoms with E-state index in [-0.39, 0.29) is 17.0 Å². The van der Waals surface area contributed by atoms with Crippen molar-refractivity contribution in [3.63, 3.8) is 0 Å². The van der Waals surface area contributed by atoms with Crippen molar-refractivity contribution < 1.29 is 28.9 Å². The maximum absolute atomic E-state index is 13.3. The first-order valence-electron chi connectivity index (χ1n) is 6.21. The van der Waals surface area contributed by atoms with Gasteiger partial charge in [-0.3, -0.25) is 4.79 Å². The zero-order valence-electron chi connectivity index (χ0n) is 11.2. The summed E-state index contributed by atoms with van der Waals surface area (Å²) in [7, 11) is 0. The van der Waals surface area contributed by atoms with Gasteiger partial charge in [0.2, 0.25) is 0 Å². The van der Waals surface area contributed by atoms with E-state index in [1.807, 2.05) is 0 Å². The highest BCUT2D eigenvalue weighted by Crippen LogP contribution is 2.21. The Kier molecular flexibility index (Phi) is 4.57. The van der Waals surface area contributed by atoms with Crippen molar-refractivity contribution in [1.29, 1.82) is 0 Å². The van der Waals surface area contributed by atoms with E-state index in [9.17, 15) is 19.1 Å². The molecule has 0 saturated carbocycles. The van der Waals surface area contributed by atoms with Gasteiger partial charge in [0.25, 0.3) is 5.91 Å². The highest BCUT2D eigenvalue weighted by atomic mass is 19.1. The number of carboxylic acid groups (broad SMARTS) is 1. The minimum Gasteiger partial charge on any atom is -0.507 e. The molecule has 0 fully saturated rings. The topological polar surface area (TPSA) is 95.9 Å². The van der Waals surface area contributed by atoms with Crippen LogP contribution in [0.1, 0.15) is 10.4 Å². The Hall–Kier alpha value is -3.09. The van der Waals surface area contributed by atoms with Gasteiger partial charge >= 0.3 is 5.97 Å². The lowest BCUT2D eigenvalue weighted by Gasteiger charge is -2.09. The number of carbonyl (C=O) groups is 2. The van der Waals surface area contributed by atoms with Gasteiger partial charge < -0.3 is 20.3 Å². The number of aromatic hydroxyl groups is 1. The van der Waals surface area contributed by atoms with E-state index in [1.54, 1.807) is 6.07 Å². The van der Waals surface area contributed by atoms with Crippen LogP contribution in [0.25, 0.3) is 0 Å². The number of anilines is 1. The van der Waals surface area contributed by atoms with Gasteiger partial charge in [0, 0.05) is 5.69 Å². The van der Waals surface area contributed by atoms with E-state index < -0.39 is 30.1 Å². The standard InChI is InChI=1S/C15H12FNO5/c16-11-3-1-2-4-13(11)22-8-14(19)17-9-5-6-12(18)10(7-9)15(20)21/h1-7,18H,8H2,(H,17,19)(H,20,21). The first kappa shape index (κ1) is 15.3. The number of rotatable bonds is 5. The number of phenols is 1. The lowest BCUT2D eigenvalue weighted by Crippen LogP contribution is -2.20. The largest absolute Gasteiger partial charge is 0.507 e. The molecule has 114 valence electrons. The predicted molar refractivity (Wildman–Crippen MR) is 75.6 cm³/mol. The van der Waals surface area contributed by atoms with Gasteiger partial charge in [-0.25, -0.2) is 9.18 Å². The molecule has 0 spiro atoms. The van der Waals surface area contributed by atoms with E-state index in [0.29, 0.717) is 0 Å². The summed E-state index contributed by atoms with van der Waals surface area (Å²) in [6.45, 7) is -0.440. The fourth-order valence-electron chi connectivity index (χ4n) is 1.69. The lowest BCUT2D eigenvalue weighted by molar-refractivity contribution is -0.118. The highest BCUT2D eigenvalue weighted by Gasteiger charge is 2.12. The molecule has 2 aromatic rings. The summed E-state index contributed by atoms with van der Waals surface area (Å²) in [5.41, 5.74) is -0.162. The second kappa shape index (κ2) is 6.57. The third-order valence-corrected chi connectivity index (χ3v) is 2.71. The predicted octanol–water partition coefficient (Wildman–Crippen LogP) is 2.25. The number of nitrogens with one attached hydrogen (secondary N) is 1. The zero-order valence-corrected chi connectivity index (χ0v) is 11.2. The Bertz CT molecular complexity index is 717. The zero-order chi connectivity index (χ0) is 16.1. The molecule has 2 rings (SSSR count). The van der Waals surface area contributed by atoms with Gasteiger partial charge in [-0.1, -0.05) is 12.1 Å². The molecule has 7 heteroatoms. The van der Waals surface area contributed by atoms with Crippen molar-refractivity contribution in [1.82, 2.24) is 0 Å². The molecule has 22 heavy (non-hydrogen) atoms. The molecular formula is C15H12FNO5. The number of hydrogen-bond donors (Lipinski definition) is 3. The van der Waals surface area contributed by atoms with Crippen LogP contribution in [0.2, 0.25) is 0 Å². The van der Waals surface area contributed by atoms with Crippen LogP contribution in [0, 0.1) is 5.82 Å². The van der Waals surface area contributed by atoms with Crippen molar-refractivity contribution in [3.05, 3.63) is 53.8 Å². The number of aromatic carboxylic acids is 1. The molecular weight excluding hydrogens is 293 g/mol. The second-order valence-corrected chi connectivity index (χ2v) is 4.30. The summed E-state index contributed by atoms with van der Waals surface area (Å²) in [5, 5.41) is 20.6.